The van der Waals surface area contributed by atoms with Crippen LogP contribution in [0.2, 0.25) is 0 Å². The number of nitrogens with one attached hydrogen (secondary N) is 2. The Kier molecular flexibility index (Phi) is 5.50. The third kappa shape index (κ3) is 4.28. The van der Waals surface area contributed by atoms with Crippen molar-refractivity contribution in [1.29, 1.82) is 0 Å². The third-order valence-corrected chi connectivity index (χ3v) is 4.44. The van der Waals surface area contributed by atoms with Crippen LogP contribution < -0.4 is 10.6 Å². The van der Waals surface area contributed by atoms with Crippen molar-refractivity contribution in [3.05, 3.63) is 54.0 Å². The largest absolute Gasteiger partial charge is 0.459 e. The van der Waals surface area contributed by atoms with Gasteiger partial charge in [0, 0.05) is 25.3 Å². The summed E-state index contributed by atoms with van der Waals surface area (Å²) in [6, 6.07) is 10.7. The maximum absolute atomic E-state index is 12.7. The number of rotatable bonds is 4. The smallest absolute Gasteiger partial charge is 0.291 e. The van der Waals surface area contributed by atoms with Gasteiger partial charge in [0.15, 0.2) is 5.76 Å². The predicted molar refractivity (Wildman–Crippen MR) is 95.6 cm³/mol. The van der Waals surface area contributed by atoms with E-state index in [1.54, 1.807) is 12.1 Å². The summed E-state index contributed by atoms with van der Waals surface area (Å²) in [5.74, 6) is -0.0784. The lowest BCUT2D eigenvalue weighted by Crippen LogP contribution is -2.36. The van der Waals surface area contributed by atoms with E-state index in [0.717, 1.165) is 38.2 Å². The quantitative estimate of drug-likeness (QED) is 0.896. The summed E-state index contributed by atoms with van der Waals surface area (Å²) in [6.45, 7) is 5.28. The maximum Gasteiger partial charge on any atom is 0.291 e. The Labute approximate surface area is 147 Å². The molecule has 0 aliphatic carbocycles. The summed E-state index contributed by atoms with van der Waals surface area (Å²) < 4.78 is 5.07. The molecule has 6 nitrogen and oxygen atoms in total. The van der Waals surface area contributed by atoms with Crippen LogP contribution in [0.3, 0.4) is 0 Å². The highest BCUT2D eigenvalue weighted by Crippen LogP contribution is 2.21. The number of nitrogens with zero attached hydrogens (tertiary/aromatic N) is 1. The van der Waals surface area contributed by atoms with Gasteiger partial charge in [-0.1, -0.05) is 12.1 Å². The van der Waals surface area contributed by atoms with E-state index >= 15 is 0 Å². The second-order valence-corrected chi connectivity index (χ2v) is 6.20. The second kappa shape index (κ2) is 7.98. The van der Waals surface area contributed by atoms with Gasteiger partial charge < -0.3 is 20.0 Å². The van der Waals surface area contributed by atoms with E-state index in [0.29, 0.717) is 5.69 Å². The number of hydrogen-bond donors (Lipinski definition) is 2. The van der Waals surface area contributed by atoms with Crippen molar-refractivity contribution in [3.63, 3.8) is 0 Å². The molecule has 3 rings (SSSR count). The average Bonchev–Trinajstić information content (AvgIpc) is 3.04. The first kappa shape index (κ1) is 17.2. The van der Waals surface area contributed by atoms with Gasteiger partial charge in [-0.15, -0.1) is 0 Å². The van der Waals surface area contributed by atoms with Gasteiger partial charge in [0.05, 0.1) is 12.2 Å². The van der Waals surface area contributed by atoms with Crippen molar-refractivity contribution in [1.82, 2.24) is 10.2 Å². The Bertz CT molecular complexity index is 702. The summed E-state index contributed by atoms with van der Waals surface area (Å²) >= 11 is 0. The number of amides is 2. The second-order valence-electron chi connectivity index (χ2n) is 6.20. The van der Waals surface area contributed by atoms with E-state index in [1.807, 2.05) is 36.1 Å². The number of anilines is 1. The van der Waals surface area contributed by atoms with E-state index in [1.165, 1.54) is 6.26 Å². The molecule has 2 heterocycles. The summed E-state index contributed by atoms with van der Waals surface area (Å²) in [5.41, 5.74) is 1.61. The zero-order chi connectivity index (χ0) is 17.6. The number of furan rings is 1. The number of carbonyl (C=O) groups is 2. The van der Waals surface area contributed by atoms with Crippen LogP contribution in [0.15, 0.2) is 47.1 Å². The van der Waals surface area contributed by atoms with Crippen LogP contribution in [0.25, 0.3) is 0 Å². The van der Waals surface area contributed by atoms with Crippen molar-refractivity contribution >= 4 is 17.5 Å². The lowest BCUT2D eigenvalue weighted by atomic mass is 9.99. The fraction of sp³-hybridized carbons (Fsp3) is 0.368. The highest BCUT2D eigenvalue weighted by molar-refractivity contribution is 6.02. The lowest BCUT2D eigenvalue weighted by Gasteiger charge is -2.24. The van der Waals surface area contributed by atoms with Crippen LogP contribution in [0, 0.1) is 0 Å². The van der Waals surface area contributed by atoms with Crippen LogP contribution >= 0.6 is 0 Å². The van der Waals surface area contributed by atoms with Crippen LogP contribution in [0.4, 0.5) is 5.69 Å². The standard InChI is InChI=1S/C19H23N3O3/c1-14(19(24)22-11-3-9-20-10-12-22)15-5-7-16(8-6-15)21-18(23)17-4-2-13-25-17/h2,4-8,13-14,20H,3,9-12H2,1H3,(H,21,23). The summed E-state index contributed by atoms with van der Waals surface area (Å²) in [7, 11) is 0. The molecular formula is C19H23N3O3. The van der Waals surface area contributed by atoms with Crippen molar-refractivity contribution in [2.24, 2.45) is 0 Å². The Morgan fingerprint density at radius 1 is 1.16 bits per heavy atom. The molecule has 2 aromatic rings. The van der Waals surface area contributed by atoms with E-state index in [2.05, 4.69) is 10.6 Å². The first-order valence-corrected chi connectivity index (χ1v) is 8.59. The molecule has 2 N–H and O–H groups in total. The monoisotopic (exact) mass is 341 g/mol. The highest BCUT2D eigenvalue weighted by atomic mass is 16.3. The van der Waals surface area contributed by atoms with Gasteiger partial charge in [-0.05, 0) is 49.7 Å². The van der Waals surface area contributed by atoms with Crippen molar-refractivity contribution in [2.45, 2.75) is 19.3 Å². The molecule has 1 aromatic heterocycles. The SMILES string of the molecule is CC(C(=O)N1CCCNCC1)c1ccc(NC(=O)c2ccco2)cc1. The van der Waals surface area contributed by atoms with Crippen molar-refractivity contribution in [3.8, 4) is 0 Å². The van der Waals surface area contributed by atoms with Gasteiger partial charge in [0.25, 0.3) is 5.91 Å². The summed E-state index contributed by atoms with van der Waals surface area (Å²) in [6.07, 6.45) is 2.44. The fourth-order valence-corrected chi connectivity index (χ4v) is 2.94. The normalized spacial score (nSPS) is 16.1. The fourth-order valence-electron chi connectivity index (χ4n) is 2.94. The molecule has 1 aliphatic heterocycles. The molecule has 1 fully saturated rings. The minimum Gasteiger partial charge on any atom is -0.459 e. The first-order chi connectivity index (χ1) is 12.1. The minimum atomic E-state index is -0.293. The molecule has 2 amide bonds. The molecule has 1 aliphatic rings. The molecule has 1 aromatic carbocycles. The topological polar surface area (TPSA) is 74.6 Å². The Balaban J connectivity index is 1.62. The van der Waals surface area contributed by atoms with Gasteiger partial charge in [-0.25, -0.2) is 0 Å². The van der Waals surface area contributed by atoms with E-state index in [4.69, 9.17) is 4.42 Å². The molecule has 132 valence electrons. The highest BCUT2D eigenvalue weighted by Gasteiger charge is 2.22. The van der Waals surface area contributed by atoms with Crippen molar-refractivity contribution < 1.29 is 14.0 Å². The van der Waals surface area contributed by atoms with Crippen LogP contribution in [-0.2, 0) is 4.79 Å². The van der Waals surface area contributed by atoms with Crippen LogP contribution in [-0.4, -0.2) is 42.9 Å². The Morgan fingerprint density at radius 2 is 1.96 bits per heavy atom. The van der Waals surface area contributed by atoms with Gasteiger partial charge >= 0.3 is 0 Å². The van der Waals surface area contributed by atoms with Crippen molar-refractivity contribution in [2.75, 3.05) is 31.5 Å². The molecule has 6 heteroatoms. The molecule has 1 atom stereocenters. The molecule has 0 bridgehead atoms. The van der Waals surface area contributed by atoms with Gasteiger partial charge in [0.1, 0.15) is 0 Å². The number of carbonyl (C=O) groups excluding carboxylic acids is 2. The summed E-state index contributed by atoms with van der Waals surface area (Å²) in [4.78, 5) is 26.6. The van der Waals surface area contributed by atoms with E-state index in [-0.39, 0.29) is 23.5 Å². The van der Waals surface area contributed by atoms with E-state index < -0.39 is 0 Å². The first-order valence-electron chi connectivity index (χ1n) is 8.59. The predicted octanol–water partition coefficient (Wildman–Crippen LogP) is 2.46. The number of hydrogen-bond acceptors (Lipinski definition) is 4. The average molecular weight is 341 g/mol. The molecule has 0 spiro atoms. The molecule has 1 saturated heterocycles. The molecule has 0 saturated carbocycles. The van der Waals surface area contributed by atoms with Crippen LogP contribution in [0.1, 0.15) is 35.4 Å². The van der Waals surface area contributed by atoms with Gasteiger partial charge in [-0.3, -0.25) is 9.59 Å². The zero-order valence-electron chi connectivity index (χ0n) is 14.3. The van der Waals surface area contributed by atoms with E-state index in [9.17, 15) is 9.59 Å². The Hall–Kier alpha value is -2.60. The molecule has 1 unspecified atom stereocenters. The minimum absolute atomic E-state index is 0.149. The molecular weight excluding hydrogens is 318 g/mol. The van der Waals surface area contributed by atoms with Gasteiger partial charge in [0.2, 0.25) is 5.91 Å². The van der Waals surface area contributed by atoms with Crippen LogP contribution in [0.5, 0.6) is 0 Å². The Morgan fingerprint density at radius 3 is 2.68 bits per heavy atom. The number of benzene rings is 1. The molecule has 0 radical (unpaired) electrons. The zero-order valence-corrected chi connectivity index (χ0v) is 14.3. The third-order valence-electron chi connectivity index (χ3n) is 4.44. The maximum atomic E-state index is 12.7. The van der Waals surface area contributed by atoms with Gasteiger partial charge in [-0.2, -0.15) is 0 Å². The summed E-state index contributed by atoms with van der Waals surface area (Å²) in [5, 5.41) is 6.08. The molecule has 25 heavy (non-hydrogen) atoms. The lowest BCUT2D eigenvalue weighted by molar-refractivity contribution is -0.132.